The van der Waals surface area contributed by atoms with Crippen LogP contribution in [0.1, 0.15) is 11.1 Å². The molecule has 2 aromatic carbocycles. The van der Waals surface area contributed by atoms with Gasteiger partial charge in [0.05, 0.1) is 18.6 Å². The molecule has 1 spiro atoms. The van der Waals surface area contributed by atoms with Crippen LogP contribution >= 0.6 is 11.6 Å². The fourth-order valence-electron chi connectivity index (χ4n) is 4.61. The Morgan fingerprint density at radius 3 is 2.83 bits per heavy atom. The lowest BCUT2D eigenvalue weighted by atomic mass is 9.77. The van der Waals surface area contributed by atoms with E-state index in [1.54, 1.807) is 11.0 Å². The Bertz CT molecular complexity index is 1020. The van der Waals surface area contributed by atoms with Gasteiger partial charge in [0.1, 0.15) is 18.1 Å². The number of fused-ring (bicyclic) bond motifs is 1. The molecule has 3 aliphatic heterocycles. The minimum Gasteiger partial charge on any atom is -0.460 e. The van der Waals surface area contributed by atoms with E-state index in [9.17, 15) is 9.59 Å². The third-order valence-electron chi connectivity index (χ3n) is 6.05. The van der Waals surface area contributed by atoms with Gasteiger partial charge in [0, 0.05) is 10.7 Å². The second-order valence-electron chi connectivity index (χ2n) is 7.85. The van der Waals surface area contributed by atoms with Crippen molar-refractivity contribution in [1.29, 1.82) is 0 Å². The molecule has 148 valence electrons. The summed E-state index contributed by atoms with van der Waals surface area (Å²) in [5.74, 6) is -1.70. The van der Waals surface area contributed by atoms with Crippen molar-refractivity contribution in [1.82, 2.24) is 0 Å². The van der Waals surface area contributed by atoms with E-state index in [1.165, 1.54) is 0 Å². The summed E-state index contributed by atoms with van der Waals surface area (Å²) in [6.45, 7) is 2.46. The van der Waals surface area contributed by atoms with Crippen LogP contribution in [0, 0.1) is 18.8 Å². The lowest BCUT2D eigenvalue weighted by Gasteiger charge is -2.22. The van der Waals surface area contributed by atoms with Crippen LogP contribution in [-0.4, -0.2) is 30.1 Å². The standard InChI is InChI=1S/C23H20ClNO4/c1-14-11-16(7-8-17(14)24)25-13-23-10-9-18(29-23)19(20(23)21(25)26)22(27)28-12-15-5-3-2-4-6-15/h2-11,18-20H,12-13H2,1H3/t18-,19-,20+,23-/m1/s1. The number of nitrogens with zero attached hydrogens (tertiary/aromatic N) is 1. The molecule has 6 heteroatoms. The highest BCUT2D eigenvalue weighted by Gasteiger charge is 2.67. The molecule has 4 atom stereocenters. The van der Waals surface area contributed by atoms with Gasteiger partial charge < -0.3 is 14.4 Å². The van der Waals surface area contributed by atoms with Crippen LogP contribution in [-0.2, 0) is 25.7 Å². The summed E-state index contributed by atoms with van der Waals surface area (Å²) in [5.41, 5.74) is 1.79. The number of hydrogen-bond donors (Lipinski definition) is 0. The normalized spacial score (nSPS) is 29.4. The van der Waals surface area contributed by atoms with Crippen molar-refractivity contribution in [3.8, 4) is 0 Å². The lowest BCUT2D eigenvalue weighted by Crippen LogP contribution is -2.40. The minimum absolute atomic E-state index is 0.111. The Morgan fingerprint density at radius 2 is 2.07 bits per heavy atom. The molecule has 0 radical (unpaired) electrons. The number of carbonyl (C=O) groups is 2. The SMILES string of the molecule is Cc1cc(N2C[C@@]34C=C[C@@H](O3)[C@@H](C(=O)OCc3ccccc3)[C@H]4C2=O)ccc1Cl. The van der Waals surface area contributed by atoms with Gasteiger partial charge in [-0.1, -0.05) is 54.1 Å². The highest BCUT2D eigenvalue weighted by atomic mass is 35.5. The van der Waals surface area contributed by atoms with Crippen LogP contribution in [0.25, 0.3) is 0 Å². The smallest absolute Gasteiger partial charge is 0.313 e. The Hall–Kier alpha value is -2.63. The first-order chi connectivity index (χ1) is 14.0. The number of benzene rings is 2. The first-order valence-electron chi connectivity index (χ1n) is 9.64. The molecule has 1 amide bonds. The lowest BCUT2D eigenvalue weighted by molar-refractivity contribution is -0.153. The van der Waals surface area contributed by atoms with Crippen molar-refractivity contribution in [3.05, 3.63) is 76.8 Å². The highest BCUT2D eigenvalue weighted by molar-refractivity contribution is 6.31. The molecule has 0 aliphatic carbocycles. The van der Waals surface area contributed by atoms with E-state index in [-0.39, 0.29) is 12.5 Å². The monoisotopic (exact) mass is 409 g/mol. The second kappa shape index (κ2) is 6.71. The molecule has 2 aromatic rings. The fourth-order valence-corrected chi connectivity index (χ4v) is 4.73. The van der Waals surface area contributed by atoms with Crippen molar-refractivity contribution in [3.63, 3.8) is 0 Å². The van der Waals surface area contributed by atoms with E-state index >= 15 is 0 Å². The summed E-state index contributed by atoms with van der Waals surface area (Å²) >= 11 is 6.13. The summed E-state index contributed by atoms with van der Waals surface area (Å²) < 4.78 is 11.7. The quantitative estimate of drug-likeness (QED) is 0.571. The number of halogens is 1. The highest BCUT2D eigenvalue weighted by Crippen LogP contribution is 2.53. The van der Waals surface area contributed by atoms with Gasteiger partial charge >= 0.3 is 5.97 Å². The topological polar surface area (TPSA) is 55.8 Å². The Balaban J connectivity index is 1.39. The van der Waals surface area contributed by atoms with Crippen LogP contribution in [0.4, 0.5) is 5.69 Å². The largest absolute Gasteiger partial charge is 0.460 e. The minimum atomic E-state index is -0.772. The van der Waals surface area contributed by atoms with E-state index in [1.807, 2.05) is 61.5 Å². The van der Waals surface area contributed by atoms with Gasteiger partial charge in [-0.05, 0) is 36.2 Å². The molecular weight excluding hydrogens is 390 g/mol. The van der Waals surface area contributed by atoms with Gasteiger partial charge in [0.25, 0.3) is 0 Å². The molecule has 0 aromatic heterocycles. The van der Waals surface area contributed by atoms with Crippen molar-refractivity contribution in [2.75, 3.05) is 11.4 Å². The summed E-state index contributed by atoms with van der Waals surface area (Å²) in [6, 6.07) is 15.0. The number of rotatable bonds is 4. The Labute approximate surface area is 173 Å². The molecule has 29 heavy (non-hydrogen) atoms. The third-order valence-corrected chi connectivity index (χ3v) is 6.47. The average Bonchev–Trinajstić information content (AvgIpc) is 3.37. The van der Waals surface area contributed by atoms with E-state index in [0.29, 0.717) is 11.6 Å². The molecule has 0 saturated carbocycles. The van der Waals surface area contributed by atoms with Gasteiger partial charge in [-0.15, -0.1) is 0 Å². The number of anilines is 1. The number of aryl methyl sites for hydroxylation is 1. The van der Waals surface area contributed by atoms with Crippen LogP contribution in [0.5, 0.6) is 0 Å². The van der Waals surface area contributed by atoms with Crippen LogP contribution in [0.15, 0.2) is 60.7 Å². The average molecular weight is 410 g/mol. The number of esters is 1. The molecule has 2 fully saturated rings. The van der Waals surface area contributed by atoms with Gasteiger partial charge in [-0.2, -0.15) is 0 Å². The zero-order valence-corrected chi connectivity index (χ0v) is 16.6. The third kappa shape index (κ3) is 2.88. The summed E-state index contributed by atoms with van der Waals surface area (Å²) in [5, 5.41) is 0.651. The zero-order chi connectivity index (χ0) is 20.2. The first kappa shape index (κ1) is 18.4. The Kier molecular flexibility index (Phi) is 4.26. The summed E-state index contributed by atoms with van der Waals surface area (Å²) in [4.78, 5) is 27.9. The number of carbonyl (C=O) groups excluding carboxylic acids is 2. The molecule has 0 N–H and O–H groups in total. The molecule has 5 nitrogen and oxygen atoms in total. The number of hydrogen-bond acceptors (Lipinski definition) is 4. The van der Waals surface area contributed by atoms with E-state index in [2.05, 4.69) is 0 Å². The second-order valence-corrected chi connectivity index (χ2v) is 8.26. The molecular formula is C23H20ClNO4. The van der Waals surface area contributed by atoms with Gasteiger partial charge in [-0.25, -0.2) is 0 Å². The van der Waals surface area contributed by atoms with Gasteiger partial charge in [-0.3, -0.25) is 9.59 Å². The number of amides is 1. The molecule has 0 unspecified atom stereocenters. The van der Waals surface area contributed by atoms with Crippen molar-refractivity contribution in [2.24, 2.45) is 11.8 Å². The first-order valence-corrected chi connectivity index (χ1v) is 10.0. The van der Waals surface area contributed by atoms with E-state index < -0.39 is 29.5 Å². The maximum Gasteiger partial charge on any atom is 0.313 e. The molecule has 3 heterocycles. The summed E-state index contributed by atoms with van der Waals surface area (Å²) in [7, 11) is 0. The molecule has 2 bridgehead atoms. The van der Waals surface area contributed by atoms with Gasteiger partial charge in [0.15, 0.2) is 0 Å². The molecule has 5 rings (SSSR count). The van der Waals surface area contributed by atoms with Crippen molar-refractivity contribution in [2.45, 2.75) is 25.2 Å². The van der Waals surface area contributed by atoms with Crippen LogP contribution in [0.2, 0.25) is 5.02 Å². The van der Waals surface area contributed by atoms with Crippen molar-refractivity contribution >= 4 is 29.2 Å². The summed E-state index contributed by atoms with van der Waals surface area (Å²) in [6.07, 6.45) is 3.40. The van der Waals surface area contributed by atoms with E-state index in [0.717, 1.165) is 16.8 Å². The molecule has 3 aliphatic rings. The van der Waals surface area contributed by atoms with E-state index in [4.69, 9.17) is 21.1 Å². The fraction of sp³-hybridized carbons (Fsp3) is 0.304. The van der Waals surface area contributed by atoms with Crippen molar-refractivity contribution < 1.29 is 19.1 Å². The molecule has 2 saturated heterocycles. The van der Waals surface area contributed by atoms with Gasteiger partial charge in [0.2, 0.25) is 5.91 Å². The number of ether oxygens (including phenoxy) is 2. The zero-order valence-electron chi connectivity index (χ0n) is 15.9. The maximum atomic E-state index is 13.3. The van der Waals surface area contributed by atoms with Crippen LogP contribution < -0.4 is 4.90 Å². The maximum absolute atomic E-state index is 13.3. The Morgan fingerprint density at radius 1 is 1.28 bits per heavy atom. The predicted octanol–water partition coefficient (Wildman–Crippen LogP) is 3.68. The predicted molar refractivity (Wildman–Crippen MR) is 109 cm³/mol. The van der Waals surface area contributed by atoms with Crippen LogP contribution in [0.3, 0.4) is 0 Å².